The summed E-state index contributed by atoms with van der Waals surface area (Å²) in [7, 11) is -3.93. The van der Waals surface area contributed by atoms with Gasteiger partial charge in [0.05, 0.1) is 17.4 Å². The van der Waals surface area contributed by atoms with Crippen LogP contribution in [0.4, 0.5) is 0 Å². The predicted molar refractivity (Wildman–Crippen MR) is 56.6 cm³/mol. The molecule has 92 valence electrons. The molecule has 0 atom stereocenters. The molecule has 7 heteroatoms. The average molecular weight is 256 g/mol. The van der Waals surface area contributed by atoms with Crippen molar-refractivity contribution in [1.29, 1.82) is 0 Å². The van der Waals surface area contributed by atoms with Gasteiger partial charge in [-0.3, -0.25) is 4.79 Å². The molecule has 1 aromatic carbocycles. The van der Waals surface area contributed by atoms with Crippen LogP contribution in [0.5, 0.6) is 0 Å². The van der Waals surface area contributed by atoms with Crippen molar-refractivity contribution in [2.45, 2.75) is 11.8 Å². The van der Waals surface area contributed by atoms with Gasteiger partial charge in [0.1, 0.15) is 0 Å². The highest BCUT2D eigenvalue weighted by Crippen LogP contribution is 2.11. The lowest BCUT2D eigenvalue weighted by molar-refractivity contribution is -0.303. The van der Waals surface area contributed by atoms with E-state index in [1.807, 2.05) is 4.72 Å². The van der Waals surface area contributed by atoms with Gasteiger partial charge in [-0.15, -0.1) is 0 Å². The molecule has 0 fully saturated rings. The highest BCUT2D eigenvalue weighted by Gasteiger charge is 2.14. The van der Waals surface area contributed by atoms with Crippen molar-refractivity contribution in [2.24, 2.45) is 0 Å². The van der Waals surface area contributed by atoms with Gasteiger partial charge in [-0.25, -0.2) is 13.1 Å². The van der Waals surface area contributed by atoms with E-state index in [2.05, 4.69) is 0 Å². The Bertz CT molecular complexity index is 550. The summed E-state index contributed by atoms with van der Waals surface area (Å²) in [5.41, 5.74) is 0.237. The smallest absolute Gasteiger partial charge is 0.240 e. The Balaban J connectivity index is 3.03. The topological polar surface area (TPSA) is 103 Å². The molecule has 0 aromatic heterocycles. The van der Waals surface area contributed by atoms with Gasteiger partial charge >= 0.3 is 0 Å². The van der Waals surface area contributed by atoms with Crippen molar-refractivity contribution in [3.63, 3.8) is 0 Å². The summed E-state index contributed by atoms with van der Waals surface area (Å²) in [4.78, 5) is 21.1. The highest BCUT2D eigenvalue weighted by atomic mass is 32.2. The van der Waals surface area contributed by atoms with Gasteiger partial charge in [-0.05, 0) is 19.1 Å². The lowest BCUT2D eigenvalue weighted by Gasteiger charge is -2.07. The number of benzene rings is 1. The molecule has 1 rings (SSSR count). The number of sulfonamides is 1. The molecule has 1 N–H and O–H groups in total. The summed E-state index contributed by atoms with van der Waals surface area (Å²) < 4.78 is 25.0. The average Bonchev–Trinajstić information content (AvgIpc) is 2.27. The van der Waals surface area contributed by atoms with Gasteiger partial charge in [0.2, 0.25) is 10.0 Å². The fourth-order valence-corrected chi connectivity index (χ4v) is 2.13. The number of Topliss-reactive ketones (excluding diaryl/α,β-unsaturated/α-hetero) is 1. The summed E-state index contributed by atoms with van der Waals surface area (Å²) in [6.45, 7) is 0.493. The predicted octanol–water partition coefficient (Wildman–Crippen LogP) is -1.08. The minimum Gasteiger partial charge on any atom is -0.549 e. The van der Waals surface area contributed by atoms with Gasteiger partial charge in [0.15, 0.2) is 5.78 Å². The molecule has 0 spiro atoms. The first kappa shape index (κ1) is 13.3. The summed E-state index contributed by atoms with van der Waals surface area (Å²) in [5, 5.41) is 10.2. The number of carbonyl (C=O) groups excluding carboxylic acids is 2. The van der Waals surface area contributed by atoms with Crippen LogP contribution in [0, 0.1) is 0 Å². The van der Waals surface area contributed by atoms with Crippen LogP contribution in [0.1, 0.15) is 17.3 Å². The minimum atomic E-state index is -3.93. The highest BCUT2D eigenvalue weighted by molar-refractivity contribution is 7.89. The maximum Gasteiger partial charge on any atom is 0.240 e. The molecule has 0 aliphatic rings. The molecule has 0 saturated heterocycles. The second kappa shape index (κ2) is 5.07. The fraction of sp³-hybridized carbons (Fsp3) is 0.200. The first-order chi connectivity index (χ1) is 7.83. The Morgan fingerprint density at radius 3 is 2.53 bits per heavy atom. The molecule has 0 aliphatic carbocycles. The van der Waals surface area contributed by atoms with Gasteiger partial charge < -0.3 is 9.90 Å². The van der Waals surface area contributed by atoms with Crippen molar-refractivity contribution in [1.82, 2.24) is 4.72 Å². The molecule has 0 amide bonds. The Morgan fingerprint density at radius 1 is 1.35 bits per heavy atom. The normalized spacial score (nSPS) is 11.1. The van der Waals surface area contributed by atoms with Crippen LogP contribution in [0.25, 0.3) is 0 Å². The summed E-state index contributed by atoms with van der Waals surface area (Å²) in [6.07, 6.45) is 0. The maximum absolute atomic E-state index is 11.6. The largest absolute Gasteiger partial charge is 0.549 e. The van der Waals surface area contributed by atoms with Gasteiger partial charge in [0.25, 0.3) is 0 Å². The van der Waals surface area contributed by atoms with E-state index in [9.17, 15) is 23.1 Å². The zero-order chi connectivity index (χ0) is 13.1. The molecular weight excluding hydrogens is 246 g/mol. The van der Waals surface area contributed by atoms with Crippen molar-refractivity contribution in [3.8, 4) is 0 Å². The molecule has 0 bridgehead atoms. The number of rotatable bonds is 5. The van der Waals surface area contributed by atoms with Crippen LogP contribution in [0.15, 0.2) is 29.2 Å². The molecule has 0 radical (unpaired) electrons. The van der Waals surface area contributed by atoms with Crippen LogP contribution >= 0.6 is 0 Å². The van der Waals surface area contributed by atoms with Crippen LogP contribution < -0.4 is 9.83 Å². The van der Waals surface area contributed by atoms with Crippen molar-refractivity contribution >= 4 is 21.8 Å². The molecule has 0 saturated carbocycles. The third kappa shape index (κ3) is 3.65. The number of ketones is 1. The minimum absolute atomic E-state index is 0.161. The number of hydrogen-bond donors (Lipinski definition) is 1. The molecule has 0 heterocycles. The van der Waals surface area contributed by atoms with Crippen LogP contribution in [-0.2, 0) is 14.8 Å². The number of hydrogen-bond acceptors (Lipinski definition) is 5. The van der Waals surface area contributed by atoms with Gasteiger partial charge in [-0.1, -0.05) is 12.1 Å². The van der Waals surface area contributed by atoms with E-state index < -0.39 is 22.5 Å². The van der Waals surface area contributed by atoms with E-state index in [0.29, 0.717) is 0 Å². The molecule has 1 aromatic rings. The zero-order valence-electron chi connectivity index (χ0n) is 8.97. The third-order valence-corrected chi connectivity index (χ3v) is 3.36. The second-order valence-corrected chi connectivity index (χ2v) is 5.05. The van der Waals surface area contributed by atoms with Gasteiger partial charge in [-0.2, -0.15) is 0 Å². The number of aliphatic carboxylic acids is 1. The maximum atomic E-state index is 11.6. The van der Waals surface area contributed by atoms with E-state index in [0.717, 1.165) is 0 Å². The molecule has 0 aliphatic heterocycles. The van der Waals surface area contributed by atoms with E-state index in [-0.39, 0.29) is 16.2 Å². The molecule has 6 nitrogen and oxygen atoms in total. The molecule has 17 heavy (non-hydrogen) atoms. The number of nitrogens with one attached hydrogen (secondary N) is 1. The zero-order valence-corrected chi connectivity index (χ0v) is 9.78. The SMILES string of the molecule is CC(=O)c1cccc(S(=O)(=O)NCC(=O)[O-])c1. The van der Waals surface area contributed by atoms with Crippen LogP contribution in [0.2, 0.25) is 0 Å². The first-order valence-electron chi connectivity index (χ1n) is 4.63. The quantitative estimate of drug-likeness (QED) is 0.675. The van der Waals surface area contributed by atoms with E-state index in [4.69, 9.17) is 0 Å². The monoisotopic (exact) mass is 256 g/mol. The Labute approximate surface area is 98.3 Å². The lowest BCUT2D eigenvalue weighted by Crippen LogP contribution is -2.37. The fourth-order valence-electron chi connectivity index (χ4n) is 1.12. The van der Waals surface area contributed by atoms with E-state index in [1.165, 1.54) is 31.2 Å². The standard InChI is InChI=1S/C10H11NO5S/c1-7(12)8-3-2-4-9(5-8)17(15,16)11-6-10(13)14/h2-5,11H,6H2,1H3,(H,13,14)/p-1. The van der Waals surface area contributed by atoms with Crippen LogP contribution in [-0.4, -0.2) is 26.7 Å². The second-order valence-electron chi connectivity index (χ2n) is 3.28. The first-order valence-corrected chi connectivity index (χ1v) is 6.12. The van der Waals surface area contributed by atoms with Crippen molar-refractivity contribution in [3.05, 3.63) is 29.8 Å². The summed E-state index contributed by atoms with van der Waals surface area (Å²) in [6, 6.07) is 5.33. The summed E-state index contributed by atoms with van der Waals surface area (Å²) >= 11 is 0. The number of carboxylic acid groups (broad SMARTS) is 1. The Kier molecular flexibility index (Phi) is 3.97. The van der Waals surface area contributed by atoms with Crippen molar-refractivity contribution in [2.75, 3.05) is 6.54 Å². The van der Waals surface area contributed by atoms with E-state index >= 15 is 0 Å². The Hall–Kier alpha value is -1.73. The third-order valence-electron chi connectivity index (χ3n) is 1.96. The summed E-state index contributed by atoms with van der Waals surface area (Å²) in [5.74, 6) is -1.81. The Morgan fingerprint density at radius 2 is 2.00 bits per heavy atom. The van der Waals surface area contributed by atoms with E-state index in [1.54, 1.807) is 0 Å². The van der Waals surface area contributed by atoms with Crippen LogP contribution in [0.3, 0.4) is 0 Å². The number of carbonyl (C=O) groups is 2. The molecular formula is C10H10NO5S-. The van der Waals surface area contributed by atoms with Gasteiger partial charge in [0, 0.05) is 5.56 Å². The lowest BCUT2D eigenvalue weighted by atomic mass is 10.2. The number of carboxylic acids is 1. The van der Waals surface area contributed by atoms with Crippen molar-refractivity contribution < 1.29 is 23.1 Å². The molecule has 0 unspecified atom stereocenters.